The number of carbonyl (C=O) groups is 3. The first-order valence-corrected chi connectivity index (χ1v) is 6.49. The second-order valence-electron chi connectivity index (χ2n) is 4.77. The van der Waals surface area contributed by atoms with Crippen LogP contribution in [0.5, 0.6) is 0 Å². The Morgan fingerprint density at radius 3 is 2.74 bits per heavy atom. The first-order valence-electron chi connectivity index (χ1n) is 6.49. The van der Waals surface area contributed by atoms with Gasteiger partial charge in [-0.1, -0.05) is 6.92 Å². The summed E-state index contributed by atoms with van der Waals surface area (Å²) in [6, 6.07) is -0.316. The van der Waals surface area contributed by atoms with Gasteiger partial charge in [-0.15, -0.1) is 0 Å². The molecule has 0 saturated carbocycles. The Bertz CT molecular complexity index is 359. The lowest BCUT2D eigenvalue weighted by Crippen LogP contribution is -2.47. The molecule has 1 saturated heterocycles. The molecule has 0 aromatic carbocycles. The minimum atomic E-state index is -0.922. The van der Waals surface area contributed by atoms with Gasteiger partial charge in [-0.2, -0.15) is 0 Å². The van der Waals surface area contributed by atoms with Gasteiger partial charge in [-0.05, 0) is 13.3 Å². The average Bonchev–Trinajstić information content (AvgIpc) is 2.78. The summed E-state index contributed by atoms with van der Waals surface area (Å²) >= 11 is 0. The van der Waals surface area contributed by atoms with E-state index in [9.17, 15) is 14.4 Å². The topological polar surface area (TPSA) is 98.7 Å². The zero-order valence-electron chi connectivity index (χ0n) is 11.3. The maximum absolute atomic E-state index is 11.9. The quantitative estimate of drug-likeness (QED) is 0.634. The van der Waals surface area contributed by atoms with E-state index in [0.29, 0.717) is 19.5 Å². The molecule has 7 heteroatoms. The molecule has 3 N–H and O–H groups in total. The molecular weight excluding hydrogens is 250 g/mol. The molecule has 3 amide bonds. The molecule has 1 rings (SSSR count). The minimum Gasteiger partial charge on any atom is -0.481 e. The van der Waals surface area contributed by atoms with Gasteiger partial charge in [0.15, 0.2) is 0 Å². The van der Waals surface area contributed by atoms with Crippen molar-refractivity contribution < 1.29 is 19.5 Å². The van der Waals surface area contributed by atoms with Crippen molar-refractivity contribution in [2.24, 2.45) is 5.92 Å². The molecule has 0 bridgehead atoms. The van der Waals surface area contributed by atoms with E-state index >= 15 is 0 Å². The second-order valence-corrected chi connectivity index (χ2v) is 4.77. The predicted molar refractivity (Wildman–Crippen MR) is 68.6 cm³/mol. The minimum absolute atomic E-state index is 0.00564. The molecule has 1 heterocycles. The zero-order valence-corrected chi connectivity index (χ0v) is 11.3. The number of carbonyl (C=O) groups excluding carboxylic acids is 2. The van der Waals surface area contributed by atoms with Gasteiger partial charge in [0.1, 0.15) is 0 Å². The van der Waals surface area contributed by atoms with E-state index in [4.69, 9.17) is 5.11 Å². The van der Waals surface area contributed by atoms with Crippen LogP contribution in [0.2, 0.25) is 0 Å². The number of nitrogens with one attached hydrogen (secondary N) is 2. The molecule has 0 radical (unpaired) electrons. The van der Waals surface area contributed by atoms with Crippen molar-refractivity contribution in [3.63, 3.8) is 0 Å². The third kappa shape index (κ3) is 4.76. The van der Waals surface area contributed by atoms with Gasteiger partial charge >= 0.3 is 12.0 Å². The third-order valence-corrected chi connectivity index (χ3v) is 3.17. The Balaban J connectivity index is 2.37. The molecule has 1 fully saturated rings. The van der Waals surface area contributed by atoms with Crippen molar-refractivity contribution in [1.82, 2.24) is 15.5 Å². The zero-order chi connectivity index (χ0) is 14.4. The number of rotatable bonds is 6. The highest BCUT2D eigenvalue weighted by Crippen LogP contribution is 2.06. The van der Waals surface area contributed by atoms with Crippen LogP contribution in [0.15, 0.2) is 0 Å². The van der Waals surface area contributed by atoms with E-state index in [1.807, 2.05) is 0 Å². The van der Waals surface area contributed by atoms with Crippen LogP contribution >= 0.6 is 0 Å². The monoisotopic (exact) mass is 271 g/mol. The Kier molecular flexibility index (Phi) is 5.59. The SMILES string of the molecule is CCN(CC(C)C(=O)O)C(=O)NCC1CCC(=O)N1. The van der Waals surface area contributed by atoms with E-state index in [2.05, 4.69) is 10.6 Å². The van der Waals surface area contributed by atoms with E-state index in [1.165, 1.54) is 4.90 Å². The number of carboxylic acid groups (broad SMARTS) is 1. The molecule has 1 aliphatic rings. The molecule has 7 nitrogen and oxygen atoms in total. The molecular formula is C12H21N3O4. The maximum atomic E-state index is 11.9. The number of hydrogen-bond acceptors (Lipinski definition) is 3. The van der Waals surface area contributed by atoms with E-state index in [1.54, 1.807) is 13.8 Å². The number of nitrogens with zero attached hydrogens (tertiary/aromatic N) is 1. The molecule has 2 atom stereocenters. The number of aliphatic carboxylic acids is 1. The largest absolute Gasteiger partial charge is 0.481 e. The fourth-order valence-corrected chi connectivity index (χ4v) is 1.92. The average molecular weight is 271 g/mol. The second kappa shape index (κ2) is 6.96. The van der Waals surface area contributed by atoms with Gasteiger partial charge in [-0.3, -0.25) is 9.59 Å². The van der Waals surface area contributed by atoms with Crippen molar-refractivity contribution in [2.45, 2.75) is 32.7 Å². The standard InChI is InChI=1S/C12H21N3O4/c1-3-15(7-8(2)11(17)18)12(19)13-6-9-4-5-10(16)14-9/h8-9H,3-7H2,1-2H3,(H,13,19)(H,14,16)(H,17,18). The summed E-state index contributed by atoms with van der Waals surface area (Å²) < 4.78 is 0. The van der Waals surface area contributed by atoms with Crippen LogP contribution in [-0.2, 0) is 9.59 Å². The normalized spacial score (nSPS) is 19.7. The Hall–Kier alpha value is -1.79. The smallest absolute Gasteiger partial charge is 0.317 e. The van der Waals surface area contributed by atoms with Crippen molar-refractivity contribution >= 4 is 17.9 Å². The van der Waals surface area contributed by atoms with Crippen molar-refractivity contribution in [3.8, 4) is 0 Å². The molecule has 0 aliphatic carbocycles. The molecule has 108 valence electrons. The van der Waals surface area contributed by atoms with Crippen LogP contribution in [-0.4, -0.2) is 53.6 Å². The lowest BCUT2D eigenvalue weighted by molar-refractivity contribution is -0.141. The van der Waals surface area contributed by atoms with E-state index in [0.717, 1.165) is 6.42 Å². The molecule has 0 spiro atoms. The van der Waals surface area contributed by atoms with Crippen molar-refractivity contribution in [2.75, 3.05) is 19.6 Å². The highest BCUT2D eigenvalue weighted by molar-refractivity contribution is 5.79. The molecule has 1 aliphatic heterocycles. The van der Waals surface area contributed by atoms with Gasteiger partial charge in [0.2, 0.25) is 5.91 Å². The van der Waals surface area contributed by atoms with Gasteiger partial charge in [-0.25, -0.2) is 4.79 Å². The molecule has 0 aromatic rings. The molecule has 0 aromatic heterocycles. The summed E-state index contributed by atoms with van der Waals surface area (Å²) in [6.45, 7) is 4.36. The number of hydrogen-bond donors (Lipinski definition) is 3. The number of carboxylic acids is 1. The Labute approximate surface area is 112 Å². The molecule has 19 heavy (non-hydrogen) atoms. The lowest BCUT2D eigenvalue weighted by Gasteiger charge is -2.24. The van der Waals surface area contributed by atoms with Gasteiger partial charge < -0.3 is 20.6 Å². The summed E-state index contributed by atoms with van der Waals surface area (Å²) in [5.74, 6) is -1.52. The fourth-order valence-electron chi connectivity index (χ4n) is 1.92. The molecule has 2 unspecified atom stereocenters. The Morgan fingerprint density at radius 2 is 2.26 bits per heavy atom. The van der Waals surface area contributed by atoms with Crippen LogP contribution in [0.25, 0.3) is 0 Å². The summed E-state index contributed by atoms with van der Waals surface area (Å²) in [5.41, 5.74) is 0. The predicted octanol–water partition coefficient (Wildman–Crippen LogP) is 0.0172. The van der Waals surface area contributed by atoms with Crippen LogP contribution in [0, 0.1) is 5.92 Å². The van der Waals surface area contributed by atoms with Crippen LogP contribution in [0.1, 0.15) is 26.7 Å². The number of amides is 3. The van der Waals surface area contributed by atoms with Gasteiger partial charge in [0, 0.05) is 32.1 Å². The van der Waals surface area contributed by atoms with Gasteiger partial charge in [0.25, 0.3) is 0 Å². The first-order chi connectivity index (χ1) is 8.93. The lowest BCUT2D eigenvalue weighted by atomic mass is 10.2. The van der Waals surface area contributed by atoms with E-state index in [-0.39, 0.29) is 24.5 Å². The first kappa shape index (κ1) is 15.3. The summed E-state index contributed by atoms with van der Waals surface area (Å²) in [4.78, 5) is 35.1. The van der Waals surface area contributed by atoms with Crippen molar-refractivity contribution in [3.05, 3.63) is 0 Å². The van der Waals surface area contributed by atoms with E-state index < -0.39 is 11.9 Å². The highest BCUT2D eigenvalue weighted by Gasteiger charge is 2.23. The Morgan fingerprint density at radius 1 is 1.58 bits per heavy atom. The summed E-state index contributed by atoms with van der Waals surface area (Å²) in [7, 11) is 0. The van der Waals surface area contributed by atoms with Crippen LogP contribution in [0.3, 0.4) is 0 Å². The van der Waals surface area contributed by atoms with Gasteiger partial charge in [0.05, 0.1) is 5.92 Å². The summed E-state index contributed by atoms with van der Waals surface area (Å²) in [5, 5.41) is 14.3. The fraction of sp³-hybridized carbons (Fsp3) is 0.750. The summed E-state index contributed by atoms with van der Waals surface area (Å²) in [6.07, 6.45) is 1.21. The highest BCUT2D eigenvalue weighted by atomic mass is 16.4. The number of urea groups is 1. The third-order valence-electron chi connectivity index (χ3n) is 3.17. The van der Waals surface area contributed by atoms with Crippen LogP contribution in [0.4, 0.5) is 4.79 Å². The van der Waals surface area contributed by atoms with Crippen LogP contribution < -0.4 is 10.6 Å². The maximum Gasteiger partial charge on any atom is 0.317 e. The van der Waals surface area contributed by atoms with Crippen molar-refractivity contribution in [1.29, 1.82) is 0 Å².